The summed E-state index contributed by atoms with van der Waals surface area (Å²) in [5.74, 6) is 0.311. The van der Waals surface area contributed by atoms with E-state index < -0.39 is 0 Å². The second-order valence-electron chi connectivity index (χ2n) is 5.34. The van der Waals surface area contributed by atoms with E-state index in [0.29, 0.717) is 23.1 Å². The maximum Gasteiger partial charge on any atom is 0.221 e. The van der Waals surface area contributed by atoms with Gasteiger partial charge in [0.2, 0.25) is 5.91 Å². The van der Waals surface area contributed by atoms with Crippen LogP contribution in [0.4, 0.5) is 11.5 Å². The third kappa shape index (κ3) is 4.78. The number of hydrogen-bond acceptors (Lipinski definition) is 5. The van der Waals surface area contributed by atoms with Gasteiger partial charge in [0.1, 0.15) is 11.2 Å². The summed E-state index contributed by atoms with van der Waals surface area (Å²) in [5, 5.41) is 18.4. The molecule has 0 fully saturated rings. The van der Waals surface area contributed by atoms with Crippen LogP contribution in [0.5, 0.6) is 0 Å². The molecule has 2 rings (SSSR count). The monoisotopic (exact) mass is 355 g/mol. The van der Waals surface area contributed by atoms with E-state index in [4.69, 9.17) is 11.6 Å². The highest BCUT2D eigenvalue weighted by Crippen LogP contribution is 2.24. The second-order valence-corrected chi connectivity index (χ2v) is 5.72. The van der Waals surface area contributed by atoms with Gasteiger partial charge >= 0.3 is 0 Å². The predicted octanol–water partition coefficient (Wildman–Crippen LogP) is 3.73. The number of amides is 1. The topological polar surface area (TPSA) is 81.4 Å². The standard InChI is InChI=1S/C18H18ClN5O/c1-4-24(18-16(10-20)12(2)9-17(19)23-18)21-11-14-5-7-15(8-6-14)22-13(3)25/h5-9,11H,4H2,1-3H3,(H,22,25). The lowest BCUT2D eigenvalue weighted by Gasteiger charge is -2.18. The molecule has 1 amide bonds. The van der Waals surface area contributed by atoms with E-state index in [2.05, 4.69) is 21.5 Å². The van der Waals surface area contributed by atoms with Gasteiger partial charge in [-0.1, -0.05) is 23.7 Å². The van der Waals surface area contributed by atoms with Crippen molar-refractivity contribution in [1.82, 2.24) is 4.98 Å². The minimum absolute atomic E-state index is 0.120. The molecule has 1 aromatic carbocycles. The van der Waals surface area contributed by atoms with Gasteiger partial charge in [-0.05, 0) is 43.2 Å². The molecule has 1 N–H and O–H groups in total. The van der Waals surface area contributed by atoms with Gasteiger partial charge in [0, 0.05) is 19.2 Å². The number of carbonyl (C=O) groups excluding carboxylic acids is 1. The number of halogens is 1. The number of hydrogen-bond donors (Lipinski definition) is 1. The van der Waals surface area contributed by atoms with Crippen molar-refractivity contribution in [1.29, 1.82) is 5.26 Å². The first-order valence-corrected chi connectivity index (χ1v) is 8.08. The molecule has 2 aromatic rings. The third-order valence-corrected chi connectivity index (χ3v) is 3.59. The van der Waals surface area contributed by atoms with E-state index in [-0.39, 0.29) is 5.91 Å². The predicted molar refractivity (Wildman–Crippen MR) is 100 cm³/mol. The molecule has 0 bridgehead atoms. The molecule has 1 heterocycles. The lowest BCUT2D eigenvalue weighted by Crippen LogP contribution is -2.19. The van der Waals surface area contributed by atoms with Crippen molar-refractivity contribution in [3.05, 3.63) is 52.2 Å². The normalized spacial score (nSPS) is 10.5. The summed E-state index contributed by atoms with van der Waals surface area (Å²) >= 11 is 6.02. The van der Waals surface area contributed by atoms with Gasteiger partial charge in [-0.3, -0.25) is 4.79 Å². The SMILES string of the molecule is CCN(N=Cc1ccc(NC(C)=O)cc1)c1nc(Cl)cc(C)c1C#N. The fourth-order valence-corrected chi connectivity index (χ4v) is 2.46. The zero-order valence-electron chi connectivity index (χ0n) is 14.2. The first kappa shape index (κ1) is 18.4. The average Bonchev–Trinajstić information content (AvgIpc) is 2.56. The largest absolute Gasteiger partial charge is 0.326 e. The Morgan fingerprint density at radius 3 is 2.68 bits per heavy atom. The van der Waals surface area contributed by atoms with Gasteiger partial charge in [-0.25, -0.2) is 9.99 Å². The lowest BCUT2D eigenvalue weighted by atomic mass is 10.1. The van der Waals surface area contributed by atoms with E-state index in [1.54, 1.807) is 29.4 Å². The zero-order valence-corrected chi connectivity index (χ0v) is 15.0. The van der Waals surface area contributed by atoms with Crippen molar-refractivity contribution in [2.24, 2.45) is 5.10 Å². The number of aromatic nitrogens is 1. The molecule has 128 valence electrons. The number of nitriles is 1. The van der Waals surface area contributed by atoms with Crippen LogP contribution >= 0.6 is 11.6 Å². The molecule has 6 nitrogen and oxygen atoms in total. The molecule has 0 saturated carbocycles. The molecule has 0 unspecified atom stereocenters. The highest BCUT2D eigenvalue weighted by atomic mass is 35.5. The van der Waals surface area contributed by atoms with Crippen LogP contribution in [0, 0.1) is 18.3 Å². The van der Waals surface area contributed by atoms with E-state index in [0.717, 1.165) is 16.8 Å². The van der Waals surface area contributed by atoms with Crippen LogP contribution < -0.4 is 10.3 Å². The Kier molecular flexibility index (Phi) is 6.09. The maximum atomic E-state index is 11.0. The zero-order chi connectivity index (χ0) is 18.4. The summed E-state index contributed by atoms with van der Waals surface area (Å²) in [4.78, 5) is 15.3. The first-order valence-electron chi connectivity index (χ1n) is 7.71. The molecule has 0 aliphatic heterocycles. The number of carbonyl (C=O) groups is 1. The molecule has 0 aliphatic carbocycles. The molecule has 7 heteroatoms. The van der Waals surface area contributed by atoms with Crippen molar-refractivity contribution in [2.75, 3.05) is 16.9 Å². The van der Waals surface area contributed by atoms with Crippen LogP contribution in [0.2, 0.25) is 5.15 Å². The summed E-state index contributed by atoms with van der Waals surface area (Å²) in [6, 6.07) is 11.1. The average molecular weight is 356 g/mol. The van der Waals surface area contributed by atoms with Crippen LogP contribution in [-0.4, -0.2) is 23.7 Å². The quantitative estimate of drug-likeness (QED) is 0.503. The van der Waals surface area contributed by atoms with E-state index in [9.17, 15) is 10.1 Å². The van der Waals surface area contributed by atoms with Gasteiger partial charge in [0.15, 0.2) is 5.82 Å². The summed E-state index contributed by atoms with van der Waals surface area (Å²) in [6.45, 7) is 5.72. The Hall–Kier alpha value is -2.91. The summed E-state index contributed by atoms with van der Waals surface area (Å²) in [7, 11) is 0. The Balaban J connectivity index is 2.27. The number of nitrogens with one attached hydrogen (secondary N) is 1. The van der Waals surface area contributed by atoms with Gasteiger partial charge < -0.3 is 5.32 Å². The van der Waals surface area contributed by atoms with Crippen LogP contribution in [0.1, 0.15) is 30.5 Å². The van der Waals surface area contributed by atoms with Crippen molar-refractivity contribution in [3.63, 3.8) is 0 Å². The second kappa shape index (κ2) is 8.27. The maximum absolute atomic E-state index is 11.0. The smallest absolute Gasteiger partial charge is 0.221 e. The van der Waals surface area contributed by atoms with Crippen LogP contribution in [-0.2, 0) is 4.79 Å². The van der Waals surface area contributed by atoms with Gasteiger partial charge in [0.05, 0.1) is 11.8 Å². The number of rotatable bonds is 5. The van der Waals surface area contributed by atoms with Gasteiger partial charge in [-0.15, -0.1) is 0 Å². The highest BCUT2D eigenvalue weighted by Gasteiger charge is 2.14. The molecule has 0 radical (unpaired) electrons. The Morgan fingerprint density at radius 2 is 2.12 bits per heavy atom. The summed E-state index contributed by atoms with van der Waals surface area (Å²) in [6.07, 6.45) is 1.67. The van der Waals surface area contributed by atoms with E-state index in [1.807, 2.05) is 26.0 Å². The summed E-state index contributed by atoms with van der Waals surface area (Å²) < 4.78 is 0. The number of benzene rings is 1. The van der Waals surface area contributed by atoms with Gasteiger partial charge in [0.25, 0.3) is 0 Å². The number of pyridine rings is 1. The minimum Gasteiger partial charge on any atom is -0.326 e. The molecule has 0 spiro atoms. The Morgan fingerprint density at radius 1 is 1.44 bits per heavy atom. The van der Waals surface area contributed by atoms with Crippen LogP contribution in [0.3, 0.4) is 0 Å². The number of aryl methyl sites for hydroxylation is 1. The van der Waals surface area contributed by atoms with Crippen LogP contribution in [0.15, 0.2) is 35.4 Å². The fourth-order valence-electron chi connectivity index (χ4n) is 2.22. The Bertz CT molecular complexity index is 840. The fraction of sp³-hybridized carbons (Fsp3) is 0.222. The molecule has 25 heavy (non-hydrogen) atoms. The summed E-state index contributed by atoms with van der Waals surface area (Å²) in [5.41, 5.74) is 2.77. The molecule has 0 saturated heterocycles. The molecule has 1 aromatic heterocycles. The number of anilines is 2. The first-order chi connectivity index (χ1) is 11.9. The van der Waals surface area contributed by atoms with Crippen molar-refractivity contribution >= 4 is 35.2 Å². The number of hydrazone groups is 1. The van der Waals surface area contributed by atoms with Crippen molar-refractivity contribution < 1.29 is 4.79 Å². The molecular weight excluding hydrogens is 338 g/mol. The highest BCUT2D eigenvalue weighted by molar-refractivity contribution is 6.29. The van der Waals surface area contributed by atoms with Gasteiger partial charge in [-0.2, -0.15) is 10.4 Å². The van der Waals surface area contributed by atoms with Crippen molar-refractivity contribution in [2.45, 2.75) is 20.8 Å². The molecule has 0 aliphatic rings. The van der Waals surface area contributed by atoms with E-state index >= 15 is 0 Å². The molecule has 0 atom stereocenters. The minimum atomic E-state index is -0.120. The molecular formula is C18H18ClN5O. The lowest BCUT2D eigenvalue weighted by molar-refractivity contribution is -0.114. The number of nitrogens with zero attached hydrogens (tertiary/aromatic N) is 4. The van der Waals surface area contributed by atoms with Crippen molar-refractivity contribution in [3.8, 4) is 6.07 Å². The third-order valence-electron chi connectivity index (χ3n) is 3.40. The van der Waals surface area contributed by atoms with E-state index in [1.165, 1.54) is 6.92 Å². The van der Waals surface area contributed by atoms with Crippen LogP contribution in [0.25, 0.3) is 0 Å². The Labute approximate surface area is 151 Å².